The molecule has 2 N–H and O–H groups in total. The van der Waals surface area contributed by atoms with E-state index in [1.54, 1.807) is 12.1 Å². The van der Waals surface area contributed by atoms with Gasteiger partial charge in [0.2, 0.25) is 0 Å². The molecule has 1 heterocycles. The molecule has 1 aliphatic rings. The molecule has 98 valence electrons. The Balaban J connectivity index is 2.13. The number of aliphatic hydroxyl groups excluding tert-OH is 1. The third-order valence-electron chi connectivity index (χ3n) is 3.25. The minimum Gasteiger partial charge on any atom is -0.394 e. The van der Waals surface area contributed by atoms with Crippen LogP contribution in [0.25, 0.3) is 0 Å². The molecule has 0 aromatic heterocycles. The van der Waals surface area contributed by atoms with Crippen molar-refractivity contribution in [3.63, 3.8) is 0 Å². The fraction of sp³-hybridized carbons (Fsp3) is 0.500. The molecule has 0 unspecified atom stereocenters. The van der Waals surface area contributed by atoms with E-state index in [0.29, 0.717) is 0 Å². The number of piperazine rings is 1. The first-order chi connectivity index (χ1) is 8.72. The van der Waals surface area contributed by atoms with Gasteiger partial charge in [-0.1, -0.05) is 12.1 Å². The van der Waals surface area contributed by atoms with Gasteiger partial charge in [0.15, 0.2) is 0 Å². The SMILES string of the molecule is O=[N+]([O-])c1ccc([C@H](CO)N2CCNCC2)cc1. The summed E-state index contributed by atoms with van der Waals surface area (Å²) in [4.78, 5) is 12.4. The second-order valence-corrected chi connectivity index (χ2v) is 4.33. The summed E-state index contributed by atoms with van der Waals surface area (Å²) >= 11 is 0. The van der Waals surface area contributed by atoms with Gasteiger partial charge in [0.25, 0.3) is 5.69 Å². The molecule has 1 aromatic carbocycles. The van der Waals surface area contributed by atoms with E-state index in [2.05, 4.69) is 10.2 Å². The van der Waals surface area contributed by atoms with E-state index in [1.165, 1.54) is 12.1 Å². The van der Waals surface area contributed by atoms with Gasteiger partial charge in [-0.05, 0) is 5.56 Å². The summed E-state index contributed by atoms with van der Waals surface area (Å²) in [6.07, 6.45) is 0. The third kappa shape index (κ3) is 2.84. The zero-order valence-electron chi connectivity index (χ0n) is 10.1. The van der Waals surface area contributed by atoms with Gasteiger partial charge in [0.1, 0.15) is 0 Å². The summed E-state index contributed by atoms with van der Waals surface area (Å²) in [6, 6.07) is 6.34. The van der Waals surface area contributed by atoms with E-state index in [1.807, 2.05) is 0 Å². The van der Waals surface area contributed by atoms with Crippen molar-refractivity contribution >= 4 is 5.69 Å². The number of nitrogens with one attached hydrogen (secondary N) is 1. The molecule has 0 radical (unpaired) electrons. The van der Waals surface area contributed by atoms with E-state index in [9.17, 15) is 15.2 Å². The van der Waals surface area contributed by atoms with Crippen LogP contribution in [0, 0.1) is 10.1 Å². The Kier molecular flexibility index (Phi) is 4.24. The molecule has 0 bridgehead atoms. The van der Waals surface area contributed by atoms with Crippen LogP contribution in [-0.4, -0.2) is 47.7 Å². The number of nitro groups is 1. The maximum atomic E-state index is 10.6. The molecule has 2 rings (SSSR count). The number of rotatable bonds is 4. The summed E-state index contributed by atoms with van der Waals surface area (Å²) in [6.45, 7) is 3.59. The number of nitrogens with zero attached hydrogens (tertiary/aromatic N) is 2. The number of hydrogen-bond donors (Lipinski definition) is 2. The molecular formula is C12H17N3O3. The Morgan fingerprint density at radius 2 is 1.94 bits per heavy atom. The van der Waals surface area contributed by atoms with Gasteiger partial charge in [-0.3, -0.25) is 15.0 Å². The van der Waals surface area contributed by atoms with Crippen LogP contribution < -0.4 is 5.32 Å². The monoisotopic (exact) mass is 251 g/mol. The lowest BCUT2D eigenvalue weighted by molar-refractivity contribution is -0.384. The molecule has 1 aliphatic heterocycles. The fourth-order valence-electron chi connectivity index (χ4n) is 2.24. The highest BCUT2D eigenvalue weighted by Crippen LogP contribution is 2.22. The lowest BCUT2D eigenvalue weighted by atomic mass is 10.0. The Morgan fingerprint density at radius 3 is 2.44 bits per heavy atom. The Morgan fingerprint density at radius 1 is 1.33 bits per heavy atom. The average molecular weight is 251 g/mol. The molecule has 0 saturated carbocycles. The van der Waals surface area contributed by atoms with Crippen LogP contribution in [0.1, 0.15) is 11.6 Å². The van der Waals surface area contributed by atoms with E-state index in [4.69, 9.17) is 0 Å². The summed E-state index contributed by atoms with van der Waals surface area (Å²) in [7, 11) is 0. The van der Waals surface area contributed by atoms with Crippen molar-refractivity contribution in [2.45, 2.75) is 6.04 Å². The number of hydrogen-bond acceptors (Lipinski definition) is 5. The summed E-state index contributed by atoms with van der Waals surface area (Å²) < 4.78 is 0. The highest BCUT2D eigenvalue weighted by atomic mass is 16.6. The lowest BCUT2D eigenvalue weighted by Crippen LogP contribution is -2.46. The predicted octanol–water partition coefficient (Wildman–Crippen LogP) is 0.533. The average Bonchev–Trinajstić information content (AvgIpc) is 2.41. The predicted molar refractivity (Wildman–Crippen MR) is 67.4 cm³/mol. The number of aliphatic hydroxyl groups is 1. The van der Waals surface area contributed by atoms with Gasteiger partial charge in [-0.25, -0.2) is 0 Å². The van der Waals surface area contributed by atoms with Crippen molar-refractivity contribution < 1.29 is 10.0 Å². The number of nitro benzene ring substituents is 1. The first-order valence-electron chi connectivity index (χ1n) is 6.02. The summed E-state index contributed by atoms with van der Waals surface area (Å²) in [5.74, 6) is 0. The first kappa shape index (κ1) is 12.9. The van der Waals surface area contributed by atoms with E-state index in [-0.39, 0.29) is 18.3 Å². The Bertz CT molecular complexity index is 402. The van der Waals surface area contributed by atoms with Gasteiger partial charge in [-0.2, -0.15) is 0 Å². The van der Waals surface area contributed by atoms with Crippen molar-refractivity contribution in [1.82, 2.24) is 10.2 Å². The van der Waals surface area contributed by atoms with Crippen molar-refractivity contribution in [2.24, 2.45) is 0 Å². The van der Waals surface area contributed by atoms with Gasteiger partial charge in [-0.15, -0.1) is 0 Å². The number of non-ortho nitro benzene ring substituents is 1. The number of benzene rings is 1. The standard InChI is InChI=1S/C12H17N3O3/c16-9-12(14-7-5-13-6-8-14)10-1-3-11(4-2-10)15(17)18/h1-4,12-13,16H,5-9H2/t12-/m0/s1. The van der Waals surface area contributed by atoms with Gasteiger partial charge in [0, 0.05) is 38.3 Å². The van der Waals surface area contributed by atoms with Crippen molar-refractivity contribution in [1.29, 1.82) is 0 Å². The van der Waals surface area contributed by atoms with Crippen LogP contribution in [0.4, 0.5) is 5.69 Å². The molecule has 0 spiro atoms. The molecule has 1 aromatic rings. The molecule has 6 heteroatoms. The van der Waals surface area contributed by atoms with Crippen LogP contribution >= 0.6 is 0 Å². The van der Waals surface area contributed by atoms with Crippen molar-refractivity contribution in [3.8, 4) is 0 Å². The molecular weight excluding hydrogens is 234 g/mol. The maximum Gasteiger partial charge on any atom is 0.269 e. The fourth-order valence-corrected chi connectivity index (χ4v) is 2.24. The highest BCUT2D eigenvalue weighted by Gasteiger charge is 2.21. The van der Waals surface area contributed by atoms with E-state index in [0.717, 1.165) is 31.7 Å². The lowest BCUT2D eigenvalue weighted by Gasteiger charge is -2.34. The van der Waals surface area contributed by atoms with Crippen LogP contribution in [-0.2, 0) is 0 Å². The Hall–Kier alpha value is -1.50. The minimum atomic E-state index is -0.414. The van der Waals surface area contributed by atoms with Gasteiger partial charge in [0.05, 0.1) is 17.6 Å². The molecule has 1 saturated heterocycles. The van der Waals surface area contributed by atoms with Crippen molar-refractivity contribution in [2.75, 3.05) is 32.8 Å². The van der Waals surface area contributed by atoms with Gasteiger partial charge >= 0.3 is 0 Å². The molecule has 1 atom stereocenters. The molecule has 1 fully saturated rings. The second-order valence-electron chi connectivity index (χ2n) is 4.33. The topological polar surface area (TPSA) is 78.6 Å². The van der Waals surface area contributed by atoms with Crippen LogP contribution in [0.15, 0.2) is 24.3 Å². The maximum absolute atomic E-state index is 10.6. The summed E-state index contributed by atoms with van der Waals surface area (Å²) in [5, 5.41) is 23.4. The zero-order valence-corrected chi connectivity index (χ0v) is 10.1. The van der Waals surface area contributed by atoms with Gasteiger partial charge < -0.3 is 10.4 Å². The normalized spacial score (nSPS) is 18.5. The highest BCUT2D eigenvalue weighted by molar-refractivity contribution is 5.34. The summed E-state index contributed by atoms with van der Waals surface area (Å²) in [5.41, 5.74) is 1.00. The molecule has 0 aliphatic carbocycles. The van der Waals surface area contributed by atoms with E-state index < -0.39 is 4.92 Å². The Labute approximate surface area is 105 Å². The second kappa shape index (κ2) is 5.90. The minimum absolute atomic E-state index is 0.0256. The molecule has 18 heavy (non-hydrogen) atoms. The van der Waals surface area contributed by atoms with E-state index >= 15 is 0 Å². The first-order valence-corrected chi connectivity index (χ1v) is 6.02. The quantitative estimate of drug-likeness (QED) is 0.603. The van der Waals surface area contributed by atoms with Crippen LogP contribution in [0.3, 0.4) is 0 Å². The largest absolute Gasteiger partial charge is 0.394 e. The molecule has 6 nitrogen and oxygen atoms in total. The zero-order chi connectivity index (χ0) is 13.0. The molecule has 0 amide bonds. The smallest absolute Gasteiger partial charge is 0.269 e. The van der Waals surface area contributed by atoms with Crippen molar-refractivity contribution in [3.05, 3.63) is 39.9 Å². The van der Waals surface area contributed by atoms with Crippen LogP contribution in [0.2, 0.25) is 0 Å². The van der Waals surface area contributed by atoms with Crippen LogP contribution in [0.5, 0.6) is 0 Å². The third-order valence-corrected chi connectivity index (χ3v) is 3.25.